The number of benzene rings is 1. The Bertz CT molecular complexity index is 1240. The van der Waals surface area contributed by atoms with Crippen LogP contribution in [0.1, 0.15) is 39.2 Å². The van der Waals surface area contributed by atoms with Gasteiger partial charge in [-0.05, 0) is 41.8 Å². The molecule has 1 aliphatic carbocycles. The van der Waals surface area contributed by atoms with Crippen molar-refractivity contribution in [2.24, 2.45) is 21.9 Å². The lowest BCUT2D eigenvalue weighted by Gasteiger charge is -2.39. The maximum atomic E-state index is 13.9. The maximum absolute atomic E-state index is 13.9. The molecule has 3 aromatic rings. The van der Waals surface area contributed by atoms with E-state index < -0.39 is 11.6 Å². The first-order chi connectivity index (χ1) is 14.9. The zero-order chi connectivity index (χ0) is 23.4. The van der Waals surface area contributed by atoms with E-state index in [1.165, 1.54) is 0 Å². The van der Waals surface area contributed by atoms with Crippen LogP contribution in [0.3, 0.4) is 0 Å². The summed E-state index contributed by atoms with van der Waals surface area (Å²) < 4.78 is 16.5. The van der Waals surface area contributed by atoms with Gasteiger partial charge in [0.1, 0.15) is 5.84 Å². The number of nitrogens with two attached hydrogens (primary N) is 2. The predicted octanol–water partition coefficient (Wildman–Crippen LogP) is 4.95. The Morgan fingerprint density at radius 2 is 2.09 bits per heavy atom. The Morgan fingerprint density at radius 1 is 1.38 bits per heavy atom. The number of aromatic nitrogens is 2. The number of aliphatic imine (C=N–C) groups is 1. The SMILES string of the molecule is CC1(C)C(Nc2c(C(N)=Nc3cc(F)c(O)cc3Cl)cnn3cc(Br)cc23)CC[C@]1(C)N. The van der Waals surface area contributed by atoms with Crippen molar-refractivity contribution in [1.82, 2.24) is 9.61 Å². The molecule has 1 unspecified atom stereocenters. The molecule has 32 heavy (non-hydrogen) atoms. The van der Waals surface area contributed by atoms with Gasteiger partial charge in [0, 0.05) is 39.8 Å². The fourth-order valence-electron chi connectivity index (χ4n) is 4.12. The molecule has 1 fully saturated rings. The van der Waals surface area contributed by atoms with Gasteiger partial charge < -0.3 is 21.9 Å². The van der Waals surface area contributed by atoms with Crippen molar-refractivity contribution in [1.29, 1.82) is 0 Å². The molecule has 1 saturated carbocycles. The van der Waals surface area contributed by atoms with E-state index in [2.05, 4.69) is 52.1 Å². The highest BCUT2D eigenvalue weighted by molar-refractivity contribution is 9.10. The van der Waals surface area contributed by atoms with Gasteiger partial charge in [-0.3, -0.25) is 0 Å². The Kier molecular flexibility index (Phi) is 5.63. The lowest BCUT2D eigenvalue weighted by Crippen LogP contribution is -2.51. The molecule has 4 rings (SSSR count). The molecule has 2 heterocycles. The van der Waals surface area contributed by atoms with Crippen LogP contribution in [0.25, 0.3) is 5.52 Å². The summed E-state index contributed by atoms with van der Waals surface area (Å²) in [4.78, 5) is 4.33. The van der Waals surface area contributed by atoms with Crippen LogP contribution in [-0.4, -0.2) is 32.1 Å². The van der Waals surface area contributed by atoms with Crippen molar-refractivity contribution < 1.29 is 9.50 Å². The van der Waals surface area contributed by atoms with Crippen LogP contribution in [0.4, 0.5) is 15.8 Å². The molecule has 2 atom stereocenters. The molecule has 0 radical (unpaired) electrons. The van der Waals surface area contributed by atoms with E-state index in [0.29, 0.717) is 5.56 Å². The fraction of sp³-hybridized carbons (Fsp3) is 0.364. The smallest absolute Gasteiger partial charge is 0.167 e. The number of fused-ring (bicyclic) bond motifs is 1. The topological polar surface area (TPSA) is 114 Å². The van der Waals surface area contributed by atoms with E-state index in [1.54, 1.807) is 10.7 Å². The maximum Gasteiger partial charge on any atom is 0.167 e. The molecule has 1 aliphatic rings. The monoisotopic (exact) mass is 522 g/mol. The number of aromatic hydroxyl groups is 1. The highest BCUT2D eigenvalue weighted by Crippen LogP contribution is 2.46. The van der Waals surface area contributed by atoms with Gasteiger partial charge >= 0.3 is 0 Å². The number of nitrogens with one attached hydrogen (secondary N) is 1. The summed E-state index contributed by atoms with van der Waals surface area (Å²) in [6, 6.07) is 4.15. The van der Waals surface area contributed by atoms with Gasteiger partial charge in [-0.2, -0.15) is 5.10 Å². The van der Waals surface area contributed by atoms with Gasteiger partial charge in [0.15, 0.2) is 11.6 Å². The van der Waals surface area contributed by atoms with Crippen molar-refractivity contribution in [2.45, 2.75) is 45.2 Å². The molecule has 10 heteroatoms. The Balaban J connectivity index is 1.83. The number of hydrogen-bond acceptors (Lipinski definition) is 5. The van der Waals surface area contributed by atoms with E-state index in [0.717, 1.165) is 40.7 Å². The van der Waals surface area contributed by atoms with Crippen molar-refractivity contribution >= 4 is 50.3 Å². The summed E-state index contributed by atoms with van der Waals surface area (Å²) in [5, 5.41) is 17.7. The van der Waals surface area contributed by atoms with Crippen LogP contribution in [-0.2, 0) is 0 Å². The molecular weight excluding hydrogens is 499 g/mol. The van der Waals surface area contributed by atoms with Crippen LogP contribution in [0.15, 0.2) is 40.1 Å². The van der Waals surface area contributed by atoms with Crippen molar-refractivity contribution in [3.8, 4) is 5.75 Å². The molecule has 0 saturated heterocycles. The lowest BCUT2D eigenvalue weighted by atomic mass is 9.75. The van der Waals surface area contributed by atoms with Gasteiger partial charge in [-0.15, -0.1) is 0 Å². The van der Waals surface area contributed by atoms with Crippen LogP contribution in [0.2, 0.25) is 5.02 Å². The molecule has 0 bridgehead atoms. The summed E-state index contributed by atoms with van der Waals surface area (Å²) in [5.74, 6) is -1.28. The molecular formula is C22H25BrClFN6O. The molecule has 2 aromatic heterocycles. The quantitative estimate of drug-likeness (QED) is 0.285. The van der Waals surface area contributed by atoms with Crippen LogP contribution in [0, 0.1) is 11.2 Å². The third-order valence-electron chi connectivity index (χ3n) is 6.75. The standard InChI is InChI=1S/C22H25BrClFN6O/c1-21(2)18(4-5-22(21,3)27)30-19-12(9-28-31-10-11(23)6-16(19)31)20(26)29-15-8-14(25)17(32)7-13(15)24/h6-10,18,30,32H,4-5,27H2,1-3H3,(H2,26,29)/t18?,22-/m0/s1. The second-order valence-electron chi connectivity index (χ2n) is 9.05. The number of hydrogen-bond donors (Lipinski definition) is 4. The largest absolute Gasteiger partial charge is 0.505 e. The van der Waals surface area contributed by atoms with Crippen LogP contribution < -0.4 is 16.8 Å². The molecule has 7 nitrogen and oxygen atoms in total. The minimum Gasteiger partial charge on any atom is -0.505 e. The normalized spacial score (nSPS) is 23.1. The second kappa shape index (κ2) is 7.90. The summed E-state index contributed by atoms with van der Waals surface area (Å²) in [6.07, 6.45) is 5.22. The number of halogens is 3. The highest BCUT2D eigenvalue weighted by atomic mass is 79.9. The minimum atomic E-state index is -0.835. The predicted molar refractivity (Wildman–Crippen MR) is 129 cm³/mol. The molecule has 170 valence electrons. The Hall–Kier alpha value is -2.36. The molecule has 0 aliphatic heterocycles. The minimum absolute atomic E-state index is 0.0802. The van der Waals surface area contributed by atoms with Gasteiger partial charge in [0.2, 0.25) is 0 Å². The summed E-state index contributed by atoms with van der Waals surface area (Å²) >= 11 is 9.63. The fourth-order valence-corrected chi connectivity index (χ4v) is 4.74. The third kappa shape index (κ3) is 3.82. The van der Waals surface area contributed by atoms with E-state index >= 15 is 0 Å². The number of phenols is 1. The van der Waals surface area contributed by atoms with Crippen molar-refractivity contribution in [2.75, 3.05) is 5.32 Å². The summed E-state index contributed by atoms with van der Waals surface area (Å²) in [6.45, 7) is 6.38. The number of amidine groups is 1. The first-order valence-corrected chi connectivity index (χ1v) is 11.3. The van der Waals surface area contributed by atoms with Crippen LogP contribution >= 0.6 is 27.5 Å². The Labute approximate surface area is 198 Å². The Morgan fingerprint density at radius 3 is 2.75 bits per heavy atom. The zero-order valence-electron chi connectivity index (χ0n) is 18.0. The van der Waals surface area contributed by atoms with Gasteiger partial charge in [0.05, 0.1) is 33.7 Å². The average Bonchev–Trinajstić information content (AvgIpc) is 3.17. The van der Waals surface area contributed by atoms with E-state index in [1.807, 2.05) is 12.3 Å². The molecule has 0 amide bonds. The van der Waals surface area contributed by atoms with E-state index in [-0.39, 0.29) is 33.5 Å². The average molecular weight is 524 g/mol. The van der Waals surface area contributed by atoms with Crippen molar-refractivity contribution in [3.63, 3.8) is 0 Å². The van der Waals surface area contributed by atoms with Gasteiger partial charge in [0.25, 0.3) is 0 Å². The molecule has 6 N–H and O–H groups in total. The molecule has 1 aromatic carbocycles. The zero-order valence-corrected chi connectivity index (χ0v) is 20.3. The lowest BCUT2D eigenvalue weighted by molar-refractivity contribution is 0.215. The number of phenolic OH excluding ortho intramolecular Hbond substituents is 1. The first-order valence-electron chi connectivity index (χ1n) is 10.2. The number of nitrogens with zero attached hydrogens (tertiary/aromatic N) is 3. The van der Waals surface area contributed by atoms with E-state index in [4.69, 9.17) is 23.1 Å². The van der Waals surface area contributed by atoms with Gasteiger partial charge in [-0.1, -0.05) is 25.4 Å². The second-order valence-corrected chi connectivity index (χ2v) is 10.4. The number of anilines is 1. The number of rotatable bonds is 4. The first kappa shape index (κ1) is 22.8. The summed E-state index contributed by atoms with van der Waals surface area (Å²) in [5.41, 5.74) is 14.6. The molecule has 0 spiro atoms. The van der Waals surface area contributed by atoms with Crippen molar-refractivity contribution in [3.05, 3.63) is 51.5 Å². The van der Waals surface area contributed by atoms with Gasteiger partial charge in [-0.25, -0.2) is 13.9 Å². The highest BCUT2D eigenvalue weighted by Gasteiger charge is 2.49. The summed E-state index contributed by atoms with van der Waals surface area (Å²) in [7, 11) is 0. The third-order valence-corrected chi connectivity index (χ3v) is 7.49. The van der Waals surface area contributed by atoms with Crippen LogP contribution in [0.5, 0.6) is 5.75 Å². The van der Waals surface area contributed by atoms with E-state index in [9.17, 15) is 9.50 Å².